The molecule has 0 aliphatic heterocycles. The van der Waals surface area contributed by atoms with Crippen LogP contribution in [0.3, 0.4) is 0 Å². The van der Waals surface area contributed by atoms with Crippen molar-refractivity contribution >= 4 is 9.76 Å². The Bertz CT molecular complexity index is 140. The zero-order valence-corrected chi connectivity index (χ0v) is 9.46. The molecule has 0 aromatic carbocycles. The highest BCUT2D eigenvalue weighted by Gasteiger charge is 2.08. The Balaban J connectivity index is 4.14. The van der Waals surface area contributed by atoms with Gasteiger partial charge in [0, 0.05) is 6.61 Å². The molecule has 0 bridgehead atoms. The topological polar surface area (TPSA) is 36.9 Å². The normalized spacial score (nSPS) is 10.0. The van der Waals surface area contributed by atoms with Crippen LogP contribution in [0.25, 0.3) is 0 Å². The molecule has 0 spiro atoms. The molecule has 0 aliphatic rings. The number of hydrogen-bond donors (Lipinski definition) is 0. The fraction of sp³-hybridized carbons (Fsp3) is 0.714. The maximum absolute atomic E-state index is 5.27. The number of hydrogen-bond acceptors (Lipinski definition) is 4. The van der Waals surface area contributed by atoms with Crippen LogP contribution in [0.4, 0.5) is 0 Å². The Morgan fingerprint density at radius 1 is 1.08 bits per heavy atom. The molecule has 5 heteroatoms. The molecule has 0 heterocycles. The minimum Gasteiger partial charge on any atom is -0.497 e. The highest BCUT2D eigenvalue weighted by molar-refractivity contribution is 6.36. The Labute approximate surface area is 75.4 Å². The van der Waals surface area contributed by atoms with E-state index in [0.717, 1.165) is 0 Å². The van der Waals surface area contributed by atoms with E-state index in [1.165, 1.54) is 14.2 Å². The molecule has 0 atom stereocenters. The zero-order chi connectivity index (χ0) is 9.40. The third-order valence-corrected chi connectivity index (χ3v) is 2.73. The first-order chi connectivity index (χ1) is 5.79. The molecule has 4 nitrogen and oxygen atoms in total. The van der Waals surface area contributed by atoms with Gasteiger partial charge >= 0.3 is 5.95 Å². The van der Waals surface area contributed by atoms with Crippen LogP contribution in [0, 0.1) is 0 Å². The summed E-state index contributed by atoms with van der Waals surface area (Å²) in [6.07, 6.45) is 0. The first kappa shape index (κ1) is 11.3. The second kappa shape index (κ2) is 6.99. The summed E-state index contributed by atoms with van der Waals surface area (Å²) in [5, 5.41) is 0.696. The first-order valence-electron chi connectivity index (χ1n) is 3.73. The van der Waals surface area contributed by atoms with Crippen LogP contribution < -0.4 is 0 Å². The van der Waals surface area contributed by atoms with Gasteiger partial charge in [0.1, 0.15) is 0 Å². The number of rotatable bonds is 6. The van der Waals surface area contributed by atoms with E-state index in [2.05, 4.69) is 0 Å². The molecule has 0 amide bonds. The molecule has 0 saturated carbocycles. The highest BCUT2D eigenvalue weighted by Crippen LogP contribution is 2.05. The predicted molar refractivity (Wildman–Crippen MR) is 48.2 cm³/mol. The van der Waals surface area contributed by atoms with Gasteiger partial charge in [-0.25, -0.2) is 0 Å². The van der Waals surface area contributed by atoms with Gasteiger partial charge in [-0.3, -0.25) is 0 Å². The van der Waals surface area contributed by atoms with Crippen LogP contribution in [0.2, 0.25) is 0 Å². The van der Waals surface area contributed by atoms with E-state index >= 15 is 0 Å². The lowest BCUT2D eigenvalue weighted by molar-refractivity contribution is 0.0739. The van der Waals surface area contributed by atoms with Crippen molar-refractivity contribution in [1.82, 2.24) is 0 Å². The largest absolute Gasteiger partial charge is 0.497 e. The molecule has 0 N–H and O–H groups in total. The van der Waals surface area contributed by atoms with Crippen molar-refractivity contribution in [2.24, 2.45) is 0 Å². The quantitative estimate of drug-likeness (QED) is 0.444. The summed E-state index contributed by atoms with van der Waals surface area (Å²) in [5.41, 5.74) is 0. The second-order valence-electron chi connectivity index (χ2n) is 1.96. The van der Waals surface area contributed by atoms with Crippen molar-refractivity contribution in [3.8, 4) is 0 Å². The van der Waals surface area contributed by atoms with Crippen molar-refractivity contribution in [1.29, 1.82) is 0 Å². The Morgan fingerprint density at radius 2 is 1.67 bits per heavy atom. The molecule has 0 rings (SSSR count). The lowest BCUT2D eigenvalue weighted by Crippen LogP contribution is -2.09. The van der Waals surface area contributed by atoms with Crippen molar-refractivity contribution in [2.75, 3.05) is 27.9 Å². The van der Waals surface area contributed by atoms with Gasteiger partial charge in [-0.1, -0.05) is 0 Å². The maximum atomic E-state index is 5.27. The molecular formula is C7H16O4Si. The zero-order valence-electron chi connectivity index (χ0n) is 8.05. The second-order valence-corrected chi connectivity index (χ2v) is 3.30. The SMILES string of the molecule is CCO[SiH2]C(OC)=C(OC)OC. The van der Waals surface area contributed by atoms with Crippen LogP contribution in [-0.4, -0.2) is 37.7 Å². The fourth-order valence-corrected chi connectivity index (χ4v) is 1.62. The Morgan fingerprint density at radius 3 is 2.00 bits per heavy atom. The summed E-state index contributed by atoms with van der Waals surface area (Å²) >= 11 is 0. The van der Waals surface area contributed by atoms with Gasteiger partial charge in [-0.2, -0.15) is 0 Å². The molecule has 0 aromatic heterocycles. The molecule has 0 saturated heterocycles. The molecule has 0 unspecified atom stereocenters. The van der Waals surface area contributed by atoms with E-state index in [0.29, 0.717) is 17.9 Å². The lowest BCUT2D eigenvalue weighted by atomic mass is 10.9. The summed E-state index contributed by atoms with van der Waals surface area (Å²) in [7, 11) is 3.83. The van der Waals surface area contributed by atoms with Gasteiger partial charge in [0.25, 0.3) is 0 Å². The van der Waals surface area contributed by atoms with Crippen LogP contribution >= 0.6 is 0 Å². The Kier molecular flexibility index (Phi) is 6.59. The molecule has 72 valence electrons. The third kappa shape index (κ3) is 3.63. The van der Waals surface area contributed by atoms with Gasteiger partial charge in [0.05, 0.1) is 21.3 Å². The van der Waals surface area contributed by atoms with Crippen molar-refractivity contribution < 1.29 is 18.6 Å². The molecule has 0 aliphatic carbocycles. The van der Waals surface area contributed by atoms with Crippen LogP contribution in [0.1, 0.15) is 6.92 Å². The van der Waals surface area contributed by atoms with Gasteiger partial charge in [0.2, 0.25) is 9.76 Å². The monoisotopic (exact) mass is 192 g/mol. The number of methoxy groups -OCH3 is 3. The smallest absolute Gasteiger partial charge is 0.315 e. The molecule has 12 heavy (non-hydrogen) atoms. The van der Waals surface area contributed by atoms with Crippen molar-refractivity contribution in [3.63, 3.8) is 0 Å². The number of ether oxygens (including phenoxy) is 3. The predicted octanol–water partition coefficient (Wildman–Crippen LogP) is 0.172. The lowest BCUT2D eigenvalue weighted by Gasteiger charge is -2.10. The minimum absolute atomic E-state index is 0.414. The fourth-order valence-electron chi connectivity index (χ4n) is 0.707. The third-order valence-electron chi connectivity index (χ3n) is 1.28. The molecule has 0 radical (unpaired) electrons. The van der Waals surface area contributed by atoms with E-state index in [9.17, 15) is 0 Å². The van der Waals surface area contributed by atoms with Crippen LogP contribution in [0.5, 0.6) is 0 Å². The van der Waals surface area contributed by atoms with Crippen molar-refractivity contribution in [2.45, 2.75) is 6.92 Å². The van der Waals surface area contributed by atoms with E-state index < -0.39 is 9.76 Å². The summed E-state index contributed by atoms with van der Waals surface area (Å²) in [4.78, 5) is 0. The van der Waals surface area contributed by atoms with Gasteiger partial charge in [-0.15, -0.1) is 0 Å². The van der Waals surface area contributed by atoms with Crippen LogP contribution in [-0.2, 0) is 18.6 Å². The molecular weight excluding hydrogens is 176 g/mol. The van der Waals surface area contributed by atoms with Gasteiger partial charge in [-0.05, 0) is 6.92 Å². The van der Waals surface area contributed by atoms with Crippen LogP contribution in [0.15, 0.2) is 11.3 Å². The van der Waals surface area contributed by atoms with Crippen molar-refractivity contribution in [3.05, 3.63) is 11.3 Å². The van der Waals surface area contributed by atoms with Gasteiger partial charge in [0.15, 0.2) is 5.38 Å². The summed E-state index contributed by atoms with van der Waals surface area (Å²) in [6, 6.07) is 0. The summed E-state index contributed by atoms with van der Waals surface area (Å²) in [5.74, 6) is 0.414. The van der Waals surface area contributed by atoms with E-state index in [-0.39, 0.29) is 0 Å². The van der Waals surface area contributed by atoms with E-state index in [4.69, 9.17) is 18.6 Å². The summed E-state index contributed by atoms with van der Waals surface area (Å²) in [6.45, 7) is 2.64. The first-order valence-corrected chi connectivity index (χ1v) is 5.01. The molecule has 0 aromatic rings. The van der Waals surface area contributed by atoms with E-state index in [1.54, 1.807) is 7.11 Å². The van der Waals surface area contributed by atoms with E-state index in [1.807, 2.05) is 6.92 Å². The minimum atomic E-state index is -0.837. The standard InChI is InChI=1S/C7H16O4Si/c1-5-11-12-7(10-4)6(8-2)9-3/h5,12H2,1-4H3. The van der Waals surface area contributed by atoms with Gasteiger partial charge < -0.3 is 18.6 Å². The molecule has 0 fully saturated rings. The Hall–Kier alpha value is -0.683. The highest BCUT2D eigenvalue weighted by atomic mass is 28.2. The summed E-state index contributed by atoms with van der Waals surface area (Å²) < 4.78 is 20.2. The average Bonchev–Trinajstić information content (AvgIpc) is 2.12. The maximum Gasteiger partial charge on any atom is 0.315 e. The average molecular weight is 192 g/mol.